The summed E-state index contributed by atoms with van der Waals surface area (Å²) in [6, 6.07) is 5.16. The number of nitrogen functional groups attached to an aromatic ring is 1. The minimum Gasteiger partial charge on any atom is -0.387 e. The molecule has 2 aromatic heterocycles. The van der Waals surface area contributed by atoms with Gasteiger partial charge < -0.3 is 20.7 Å². The van der Waals surface area contributed by atoms with Crippen LogP contribution in [-0.2, 0) is 10.9 Å². The number of rotatable bonds is 4. The van der Waals surface area contributed by atoms with Gasteiger partial charge in [-0.1, -0.05) is 12.1 Å². The van der Waals surface area contributed by atoms with Crippen LogP contribution in [0, 0.1) is 0 Å². The van der Waals surface area contributed by atoms with Gasteiger partial charge in [-0.05, 0) is 12.1 Å². The van der Waals surface area contributed by atoms with Crippen LogP contribution in [0.3, 0.4) is 0 Å². The molecule has 0 unspecified atom stereocenters. The molecule has 3 heterocycles. The molecule has 4 rings (SSSR count). The summed E-state index contributed by atoms with van der Waals surface area (Å²) >= 11 is 0.896. The number of aromatic nitrogens is 4. The van der Waals surface area contributed by atoms with Crippen LogP contribution in [0.2, 0.25) is 0 Å². The van der Waals surface area contributed by atoms with E-state index in [0.717, 1.165) is 17.8 Å². The Hall–Kier alpha value is -2.41. The van der Waals surface area contributed by atoms with Gasteiger partial charge in [0.1, 0.15) is 24.1 Å². The molecule has 1 aliphatic heterocycles. The summed E-state index contributed by atoms with van der Waals surface area (Å²) in [5, 5.41) is 20.8. The Labute approximate surface area is 166 Å². The van der Waals surface area contributed by atoms with E-state index in [2.05, 4.69) is 15.0 Å². The molecule has 1 aliphatic rings. The van der Waals surface area contributed by atoms with E-state index in [9.17, 15) is 23.4 Å². The SMILES string of the molecule is Nc1ncnc2c1ncn2[C@@H]1O[C@H](CSc2ccccc2C(F)(F)F)[C@@H](O)[C@H]1O. The molecule has 0 saturated carbocycles. The average molecular weight is 427 g/mol. The van der Waals surface area contributed by atoms with E-state index in [4.69, 9.17) is 10.5 Å². The predicted octanol–water partition coefficient (Wildman–Crippen LogP) is 1.84. The Bertz CT molecular complexity index is 1030. The van der Waals surface area contributed by atoms with Gasteiger partial charge >= 0.3 is 6.18 Å². The molecule has 0 radical (unpaired) electrons. The number of imidazole rings is 1. The maximum absolute atomic E-state index is 13.2. The highest BCUT2D eigenvalue weighted by atomic mass is 32.2. The van der Waals surface area contributed by atoms with Gasteiger partial charge in [-0.3, -0.25) is 4.57 Å². The molecular formula is C17H16F3N5O3S. The number of halogens is 3. The second-order valence-corrected chi connectivity index (χ2v) is 7.50. The number of alkyl halides is 3. The molecule has 0 aliphatic carbocycles. The molecule has 0 spiro atoms. The van der Waals surface area contributed by atoms with Crippen LogP contribution >= 0.6 is 11.8 Å². The fraction of sp³-hybridized carbons (Fsp3) is 0.353. The number of benzene rings is 1. The number of ether oxygens (including phenoxy) is 1. The van der Waals surface area contributed by atoms with E-state index >= 15 is 0 Å². The van der Waals surface area contributed by atoms with Crippen molar-refractivity contribution in [3.05, 3.63) is 42.5 Å². The summed E-state index contributed by atoms with van der Waals surface area (Å²) in [7, 11) is 0. The standard InChI is InChI=1S/C17H16F3N5O3S/c18-17(19,20)8-3-1-2-4-10(8)29-5-9-12(26)13(27)16(28-9)25-7-24-11-14(21)22-6-23-15(11)25/h1-4,6-7,9,12-13,16,26-27H,5H2,(H2,21,22,23)/t9-,12-,13-,16-/m1/s1. The molecule has 4 N–H and O–H groups in total. The maximum atomic E-state index is 13.2. The quantitative estimate of drug-likeness (QED) is 0.540. The van der Waals surface area contributed by atoms with Crippen molar-refractivity contribution >= 4 is 28.7 Å². The van der Waals surface area contributed by atoms with Gasteiger partial charge in [0.2, 0.25) is 0 Å². The van der Waals surface area contributed by atoms with Gasteiger partial charge in [0.25, 0.3) is 0 Å². The van der Waals surface area contributed by atoms with Crippen LogP contribution in [0.5, 0.6) is 0 Å². The molecule has 12 heteroatoms. The van der Waals surface area contributed by atoms with Crippen molar-refractivity contribution in [2.75, 3.05) is 11.5 Å². The Morgan fingerprint density at radius 1 is 1.14 bits per heavy atom. The summed E-state index contributed by atoms with van der Waals surface area (Å²) in [6.45, 7) is 0. The maximum Gasteiger partial charge on any atom is 0.417 e. The zero-order valence-corrected chi connectivity index (χ0v) is 15.5. The number of aliphatic hydroxyl groups is 2. The van der Waals surface area contributed by atoms with Crippen molar-refractivity contribution in [2.45, 2.75) is 35.6 Å². The minimum absolute atomic E-state index is 0.00553. The molecule has 3 aromatic rings. The number of anilines is 1. The number of hydrogen-bond acceptors (Lipinski definition) is 8. The fourth-order valence-electron chi connectivity index (χ4n) is 3.15. The second-order valence-electron chi connectivity index (χ2n) is 6.43. The minimum atomic E-state index is -4.49. The largest absolute Gasteiger partial charge is 0.417 e. The molecule has 1 saturated heterocycles. The van der Waals surface area contributed by atoms with E-state index in [1.807, 2.05) is 0 Å². The van der Waals surface area contributed by atoms with E-state index in [1.165, 1.54) is 35.4 Å². The second kappa shape index (κ2) is 7.44. The summed E-state index contributed by atoms with van der Waals surface area (Å²) in [5.41, 5.74) is 5.61. The Balaban J connectivity index is 1.53. The predicted molar refractivity (Wildman–Crippen MR) is 97.8 cm³/mol. The van der Waals surface area contributed by atoms with Crippen molar-refractivity contribution in [3.8, 4) is 0 Å². The first-order valence-electron chi connectivity index (χ1n) is 8.51. The first-order valence-corrected chi connectivity index (χ1v) is 9.49. The van der Waals surface area contributed by atoms with Gasteiger partial charge in [-0.15, -0.1) is 11.8 Å². The third-order valence-electron chi connectivity index (χ3n) is 4.59. The first kappa shape index (κ1) is 19.9. The molecule has 1 aromatic carbocycles. The lowest BCUT2D eigenvalue weighted by molar-refractivity contribution is -0.139. The Kier molecular flexibility index (Phi) is 5.11. The van der Waals surface area contributed by atoms with E-state index in [-0.39, 0.29) is 16.5 Å². The lowest BCUT2D eigenvalue weighted by Crippen LogP contribution is -2.32. The third-order valence-corrected chi connectivity index (χ3v) is 5.76. The van der Waals surface area contributed by atoms with Gasteiger partial charge in [0, 0.05) is 10.6 Å². The zero-order chi connectivity index (χ0) is 20.8. The Morgan fingerprint density at radius 2 is 1.90 bits per heavy atom. The van der Waals surface area contributed by atoms with Crippen molar-refractivity contribution < 1.29 is 28.1 Å². The van der Waals surface area contributed by atoms with Crippen LogP contribution in [-0.4, -0.2) is 53.8 Å². The lowest BCUT2D eigenvalue weighted by Gasteiger charge is -2.17. The van der Waals surface area contributed by atoms with Crippen molar-refractivity contribution in [1.82, 2.24) is 19.5 Å². The van der Waals surface area contributed by atoms with Crippen molar-refractivity contribution in [3.63, 3.8) is 0 Å². The summed E-state index contributed by atoms with van der Waals surface area (Å²) in [5.74, 6) is 0.156. The molecule has 1 fully saturated rings. The van der Waals surface area contributed by atoms with Crippen LogP contribution in [0.15, 0.2) is 41.8 Å². The van der Waals surface area contributed by atoms with Crippen molar-refractivity contribution in [1.29, 1.82) is 0 Å². The molecule has 4 atom stereocenters. The van der Waals surface area contributed by atoms with Gasteiger partial charge in [0.05, 0.1) is 18.0 Å². The summed E-state index contributed by atoms with van der Waals surface area (Å²) in [6.07, 6.45) is -6.46. The van der Waals surface area contributed by atoms with Crippen LogP contribution in [0.4, 0.5) is 19.0 Å². The topological polar surface area (TPSA) is 119 Å². The molecule has 154 valence electrons. The first-order chi connectivity index (χ1) is 13.8. The fourth-order valence-corrected chi connectivity index (χ4v) is 4.29. The van der Waals surface area contributed by atoms with Crippen LogP contribution in [0.1, 0.15) is 11.8 Å². The number of fused-ring (bicyclic) bond motifs is 1. The number of thioether (sulfide) groups is 1. The highest BCUT2D eigenvalue weighted by Gasteiger charge is 2.44. The van der Waals surface area contributed by atoms with E-state index in [1.54, 1.807) is 0 Å². The van der Waals surface area contributed by atoms with Gasteiger partial charge in [0.15, 0.2) is 17.7 Å². The molecular weight excluding hydrogens is 411 g/mol. The van der Waals surface area contributed by atoms with Crippen LogP contribution in [0.25, 0.3) is 11.2 Å². The molecule has 0 bridgehead atoms. The number of hydrogen-bond donors (Lipinski definition) is 3. The Morgan fingerprint density at radius 3 is 2.66 bits per heavy atom. The normalized spacial score (nSPS) is 25.0. The van der Waals surface area contributed by atoms with E-state index < -0.39 is 36.3 Å². The number of nitrogens with zero attached hydrogens (tertiary/aromatic N) is 4. The average Bonchev–Trinajstić information content (AvgIpc) is 3.23. The van der Waals surface area contributed by atoms with Crippen LogP contribution < -0.4 is 5.73 Å². The third kappa shape index (κ3) is 3.64. The lowest BCUT2D eigenvalue weighted by atomic mass is 10.1. The van der Waals surface area contributed by atoms with Gasteiger partial charge in [-0.2, -0.15) is 13.2 Å². The highest BCUT2D eigenvalue weighted by molar-refractivity contribution is 7.99. The molecule has 29 heavy (non-hydrogen) atoms. The van der Waals surface area contributed by atoms with Crippen molar-refractivity contribution in [2.24, 2.45) is 0 Å². The monoisotopic (exact) mass is 427 g/mol. The van der Waals surface area contributed by atoms with Gasteiger partial charge in [-0.25, -0.2) is 15.0 Å². The highest BCUT2D eigenvalue weighted by Crippen LogP contribution is 2.39. The smallest absolute Gasteiger partial charge is 0.387 e. The molecule has 0 amide bonds. The van der Waals surface area contributed by atoms with E-state index in [0.29, 0.717) is 11.2 Å². The summed E-state index contributed by atoms with van der Waals surface area (Å²) in [4.78, 5) is 12.0. The molecule has 8 nitrogen and oxygen atoms in total. The zero-order valence-electron chi connectivity index (χ0n) is 14.7. The number of aliphatic hydroxyl groups excluding tert-OH is 2. The summed E-state index contributed by atoms with van der Waals surface area (Å²) < 4.78 is 46.6. The number of nitrogens with two attached hydrogens (primary N) is 1.